The van der Waals surface area contributed by atoms with E-state index in [0.29, 0.717) is 25.5 Å². The highest BCUT2D eigenvalue weighted by Crippen LogP contribution is 2.49. The topological polar surface area (TPSA) is 77.2 Å². The maximum atomic E-state index is 12.5. The molecule has 6 heteroatoms. The molecule has 1 aromatic heterocycles. The first kappa shape index (κ1) is 18.4. The van der Waals surface area contributed by atoms with Gasteiger partial charge in [0, 0.05) is 42.7 Å². The van der Waals surface area contributed by atoms with E-state index < -0.39 is 5.54 Å². The van der Waals surface area contributed by atoms with Crippen LogP contribution in [0.3, 0.4) is 0 Å². The fraction of sp³-hybridized carbons (Fsp3) is 0.765. The molecule has 1 aromatic rings. The molecule has 0 radical (unpaired) electrons. The quantitative estimate of drug-likeness (QED) is 0.800. The van der Waals surface area contributed by atoms with Crippen molar-refractivity contribution in [2.45, 2.75) is 65.0 Å². The summed E-state index contributed by atoms with van der Waals surface area (Å²) in [5, 5.41) is 6.18. The number of carbonyl (C=O) groups is 1. The van der Waals surface area contributed by atoms with Gasteiger partial charge in [-0.3, -0.25) is 4.79 Å². The van der Waals surface area contributed by atoms with E-state index in [1.54, 1.807) is 11.3 Å². The molecule has 2 atom stereocenters. The fourth-order valence-electron chi connectivity index (χ4n) is 2.99. The molecule has 1 saturated carbocycles. The number of hydrogen-bond donors (Lipinski definition) is 2. The average molecular weight is 340 g/mol. The van der Waals surface area contributed by atoms with Gasteiger partial charge < -0.3 is 15.8 Å². The number of carbonyl (C=O) groups excluding carboxylic acids is 1. The Labute approximate surface area is 143 Å². The normalized spacial score (nSPS) is 26.1. The van der Waals surface area contributed by atoms with E-state index in [1.807, 2.05) is 20.8 Å². The second-order valence-electron chi connectivity index (χ2n) is 7.18. The van der Waals surface area contributed by atoms with Crippen molar-refractivity contribution in [3.05, 3.63) is 16.1 Å². The van der Waals surface area contributed by atoms with Crippen molar-refractivity contribution >= 4 is 17.2 Å². The third-order valence-electron chi connectivity index (χ3n) is 4.97. The zero-order valence-corrected chi connectivity index (χ0v) is 15.6. The van der Waals surface area contributed by atoms with Crippen molar-refractivity contribution in [3.63, 3.8) is 0 Å². The Kier molecular flexibility index (Phi) is 5.48. The SMILES string of the molecule is CCOC1CC(N)(C(=O)NCCc2csc(C(C)C)n2)C1(C)C. The van der Waals surface area contributed by atoms with Gasteiger partial charge in [0.25, 0.3) is 0 Å². The summed E-state index contributed by atoms with van der Waals surface area (Å²) in [6.07, 6.45) is 1.37. The Morgan fingerprint density at radius 2 is 2.26 bits per heavy atom. The van der Waals surface area contributed by atoms with Crippen LogP contribution in [0.4, 0.5) is 0 Å². The zero-order valence-electron chi connectivity index (χ0n) is 14.8. The van der Waals surface area contributed by atoms with Crippen LogP contribution >= 0.6 is 11.3 Å². The minimum absolute atomic E-state index is 0.0513. The molecule has 2 unspecified atom stereocenters. The molecule has 0 aromatic carbocycles. The molecule has 1 aliphatic carbocycles. The number of hydrogen-bond acceptors (Lipinski definition) is 5. The van der Waals surface area contributed by atoms with Crippen LogP contribution in [0.2, 0.25) is 0 Å². The second kappa shape index (κ2) is 6.87. The number of nitrogens with two attached hydrogens (primary N) is 1. The third-order valence-corrected chi connectivity index (χ3v) is 6.16. The number of aromatic nitrogens is 1. The molecular weight excluding hydrogens is 310 g/mol. The van der Waals surface area contributed by atoms with Gasteiger partial charge in [0.05, 0.1) is 16.8 Å². The standard InChI is InChI=1S/C17H29N3O2S/c1-6-22-13-9-17(18,16(13,4)5)15(21)19-8-7-12-10-23-14(20-12)11(2)3/h10-11,13H,6-9,18H2,1-5H3,(H,19,21). The Bertz CT molecular complexity index is 556. The maximum Gasteiger partial charge on any atom is 0.240 e. The number of nitrogens with zero attached hydrogens (tertiary/aromatic N) is 1. The lowest BCUT2D eigenvalue weighted by molar-refractivity contribution is -0.170. The summed E-state index contributed by atoms with van der Waals surface area (Å²) in [5.74, 6) is 0.361. The van der Waals surface area contributed by atoms with Crippen molar-refractivity contribution in [2.75, 3.05) is 13.2 Å². The summed E-state index contributed by atoms with van der Waals surface area (Å²) in [7, 11) is 0. The van der Waals surface area contributed by atoms with Crippen LogP contribution in [-0.4, -0.2) is 35.7 Å². The summed E-state index contributed by atoms with van der Waals surface area (Å²) in [6.45, 7) is 11.5. The van der Waals surface area contributed by atoms with E-state index in [-0.39, 0.29) is 17.4 Å². The molecule has 1 amide bonds. The number of nitrogens with one attached hydrogen (secondary N) is 1. The minimum Gasteiger partial charge on any atom is -0.378 e. The lowest BCUT2D eigenvalue weighted by Crippen LogP contribution is -2.75. The van der Waals surface area contributed by atoms with Crippen LogP contribution in [0.15, 0.2) is 5.38 Å². The molecule has 0 spiro atoms. The van der Waals surface area contributed by atoms with Crippen LogP contribution in [-0.2, 0) is 16.0 Å². The summed E-state index contributed by atoms with van der Waals surface area (Å²) in [5.41, 5.74) is 6.20. The Morgan fingerprint density at radius 1 is 1.57 bits per heavy atom. The first-order valence-corrected chi connectivity index (χ1v) is 9.23. The lowest BCUT2D eigenvalue weighted by atomic mass is 9.54. The van der Waals surface area contributed by atoms with Crippen LogP contribution in [0.1, 0.15) is 57.7 Å². The van der Waals surface area contributed by atoms with E-state index in [1.165, 1.54) is 0 Å². The zero-order chi connectivity index (χ0) is 17.3. The van der Waals surface area contributed by atoms with Gasteiger partial charge in [0.15, 0.2) is 0 Å². The highest BCUT2D eigenvalue weighted by molar-refractivity contribution is 7.09. The third kappa shape index (κ3) is 3.44. The van der Waals surface area contributed by atoms with Crippen LogP contribution in [0.5, 0.6) is 0 Å². The van der Waals surface area contributed by atoms with Crippen molar-refractivity contribution in [3.8, 4) is 0 Å². The molecule has 0 aliphatic heterocycles. The predicted octanol–water partition coefficient (Wildman–Crippen LogP) is 2.46. The second-order valence-corrected chi connectivity index (χ2v) is 8.07. The van der Waals surface area contributed by atoms with Gasteiger partial charge in [0.1, 0.15) is 5.54 Å². The van der Waals surface area contributed by atoms with E-state index >= 15 is 0 Å². The minimum atomic E-state index is -0.849. The highest BCUT2D eigenvalue weighted by Gasteiger charge is 2.62. The van der Waals surface area contributed by atoms with Crippen LogP contribution < -0.4 is 11.1 Å². The number of amides is 1. The highest BCUT2D eigenvalue weighted by atomic mass is 32.1. The summed E-state index contributed by atoms with van der Waals surface area (Å²) >= 11 is 1.68. The molecule has 130 valence electrons. The molecule has 23 heavy (non-hydrogen) atoms. The van der Waals surface area contributed by atoms with Gasteiger partial charge in [-0.05, 0) is 6.92 Å². The summed E-state index contributed by atoms with van der Waals surface area (Å²) < 4.78 is 5.67. The number of thiazole rings is 1. The smallest absolute Gasteiger partial charge is 0.240 e. The summed E-state index contributed by atoms with van der Waals surface area (Å²) in [6, 6.07) is 0. The predicted molar refractivity (Wildman–Crippen MR) is 93.6 cm³/mol. The van der Waals surface area contributed by atoms with Gasteiger partial charge in [0.2, 0.25) is 5.91 Å². The molecule has 1 fully saturated rings. The monoisotopic (exact) mass is 339 g/mol. The lowest BCUT2D eigenvalue weighted by Gasteiger charge is -2.57. The Balaban J connectivity index is 1.85. The average Bonchev–Trinajstić information content (AvgIpc) is 2.95. The van der Waals surface area contributed by atoms with Gasteiger partial charge >= 0.3 is 0 Å². The first-order valence-electron chi connectivity index (χ1n) is 8.35. The molecule has 2 rings (SSSR count). The van der Waals surface area contributed by atoms with Crippen molar-refractivity contribution in [2.24, 2.45) is 11.1 Å². The van der Waals surface area contributed by atoms with Gasteiger partial charge in [-0.2, -0.15) is 0 Å². The van der Waals surface area contributed by atoms with Gasteiger partial charge in [-0.1, -0.05) is 27.7 Å². The molecule has 5 nitrogen and oxygen atoms in total. The van der Waals surface area contributed by atoms with E-state index in [4.69, 9.17) is 10.5 Å². The van der Waals surface area contributed by atoms with Crippen LogP contribution in [0.25, 0.3) is 0 Å². The Hall–Kier alpha value is -0.980. The Morgan fingerprint density at radius 3 is 2.78 bits per heavy atom. The molecule has 1 aliphatic rings. The van der Waals surface area contributed by atoms with Gasteiger partial charge in [-0.25, -0.2) is 4.98 Å². The van der Waals surface area contributed by atoms with E-state index in [9.17, 15) is 4.79 Å². The van der Waals surface area contributed by atoms with Crippen molar-refractivity contribution in [1.82, 2.24) is 10.3 Å². The molecule has 1 heterocycles. The van der Waals surface area contributed by atoms with Crippen molar-refractivity contribution in [1.29, 1.82) is 0 Å². The van der Waals surface area contributed by atoms with E-state index in [2.05, 4.69) is 29.5 Å². The van der Waals surface area contributed by atoms with Crippen molar-refractivity contribution < 1.29 is 9.53 Å². The van der Waals surface area contributed by atoms with Gasteiger partial charge in [-0.15, -0.1) is 11.3 Å². The molecule has 0 bridgehead atoms. The first-order chi connectivity index (χ1) is 10.7. The number of rotatable bonds is 7. The van der Waals surface area contributed by atoms with Crippen LogP contribution in [0, 0.1) is 5.41 Å². The molecule has 0 saturated heterocycles. The van der Waals surface area contributed by atoms with E-state index in [0.717, 1.165) is 17.1 Å². The fourth-order valence-corrected chi connectivity index (χ4v) is 3.85. The maximum absolute atomic E-state index is 12.5. The molecule has 3 N–H and O–H groups in total. The summed E-state index contributed by atoms with van der Waals surface area (Å²) in [4.78, 5) is 17.1. The largest absolute Gasteiger partial charge is 0.378 e. The number of ether oxygens (including phenoxy) is 1. The molecular formula is C17H29N3O2S.